The molecule has 27 heavy (non-hydrogen) atoms. The average Bonchev–Trinajstić information content (AvgIpc) is 3.06. The zero-order valence-electron chi connectivity index (χ0n) is 15.5. The molecule has 1 amide bonds. The van der Waals surface area contributed by atoms with Gasteiger partial charge in [0.1, 0.15) is 11.6 Å². The quantitative estimate of drug-likeness (QED) is 0.642. The highest BCUT2D eigenvalue weighted by Gasteiger charge is 2.22. The molecule has 0 saturated heterocycles. The number of halogens is 1. The minimum atomic E-state index is -0.302. The Morgan fingerprint density at radius 1 is 1.19 bits per heavy atom. The van der Waals surface area contributed by atoms with E-state index in [0.29, 0.717) is 19.6 Å². The summed E-state index contributed by atoms with van der Waals surface area (Å²) >= 11 is 0. The molecule has 140 valence electrons. The lowest BCUT2D eigenvalue weighted by atomic mass is 10.1. The van der Waals surface area contributed by atoms with Crippen molar-refractivity contribution in [2.24, 2.45) is 5.92 Å². The highest BCUT2D eigenvalue weighted by atomic mass is 19.1. The van der Waals surface area contributed by atoms with Crippen molar-refractivity contribution >= 4 is 5.91 Å². The molecule has 6 heteroatoms. The average molecular weight is 366 g/mol. The largest absolute Gasteiger partial charge is 0.334 e. The topological polar surface area (TPSA) is 51.0 Å². The molecule has 0 aliphatic rings. The Bertz CT molecular complexity index is 894. The van der Waals surface area contributed by atoms with Gasteiger partial charge in [-0.15, -0.1) is 0 Å². The van der Waals surface area contributed by atoms with E-state index in [4.69, 9.17) is 0 Å². The Labute approximate surface area is 158 Å². The molecule has 0 aliphatic heterocycles. The maximum Gasteiger partial charge on any atom is 0.227 e. The molecule has 5 nitrogen and oxygen atoms in total. The zero-order valence-corrected chi connectivity index (χ0v) is 15.5. The molecule has 0 bridgehead atoms. The van der Waals surface area contributed by atoms with Crippen LogP contribution in [0.2, 0.25) is 0 Å². The number of pyridine rings is 1. The predicted molar refractivity (Wildman–Crippen MR) is 101 cm³/mol. The molecule has 2 aromatic heterocycles. The minimum absolute atomic E-state index is 0.0104. The van der Waals surface area contributed by atoms with Gasteiger partial charge in [0.25, 0.3) is 0 Å². The number of aryl methyl sites for hydroxylation is 1. The Morgan fingerprint density at radius 2 is 1.96 bits per heavy atom. The Balaban J connectivity index is 1.79. The van der Waals surface area contributed by atoms with Crippen LogP contribution in [0.4, 0.5) is 4.39 Å². The fourth-order valence-electron chi connectivity index (χ4n) is 3.06. The highest BCUT2D eigenvalue weighted by Crippen LogP contribution is 2.16. The van der Waals surface area contributed by atoms with Crippen molar-refractivity contribution in [3.63, 3.8) is 0 Å². The molecule has 3 aromatic rings. The highest BCUT2D eigenvalue weighted by molar-refractivity contribution is 5.78. The summed E-state index contributed by atoms with van der Waals surface area (Å²) in [6, 6.07) is 10.1. The second kappa shape index (κ2) is 8.58. The summed E-state index contributed by atoms with van der Waals surface area (Å²) in [6.45, 7) is 5.15. The van der Waals surface area contributed by atoms with E-state index in [0.717, 1.165) is 17.0 Å². The zero-order chi connectivity index (χ0) is 19.2. The fraction of sp³-hybridized carbons (Fsp3) is 0.286. The summed E-state index contributed by atoms with van der Waals surface area (Å²) in [5.41, 5.74) is 1.70. The van der Waals surface area contributed by atoms with E-state index in [1.165, 1.54) is 12.1 Å². The third-order valence-corrected chi connectivity index (χ3v) is 4.49. The van der Waals surface area contributed by atoms with E-state index in [2.05, 4.69) is 9.97 Å². The molecular weight excluding hydrogens is 343 g/mol. The van der Waals surface area contributed by atoms with Crippen molar-refractivity contribution in [1.82, 2.24) is 19.4 Å². The maximum absolute atomic E-state index is 13.6. The van der Waals surface area contributed by atoms with Crippen LogP contribution in [-0.2, 0) is 24.4 Å². The number of carbonyl (C=O) groups is 1. The van der Waals surface area contributed by atoms with E-state index in [1.54, 1.807) is 29.6 Å². The third kappa shape index (κ3) is 5.00. The molecule has 0 saturated carbocycles. The monoisotopic (exact) mass is 366 g/mol. The van der Waals surface area contributed by atoms with E-state index in [-0.39, 0.29) is 17.6 Å². The van der Waals surface area contributed by atoms with E-state index < -0.39 is 0 Å². The van der Waals surface area contributed by atoms with Gasteiger partial charge >= 0.3 is 0 Å². The molecule has 1 atom stereocenters. The van der Waals surface area contributed by atoms with Gasteiger partial charge in [-0.25, -0.2) is 9.37 Å². The van der Waals surface area contributed by atoms with E-state index >= 15 is 0 Å². The van der Waals surface area contributed by atoms with Gasteiger partial charge < -0.3 is 9.47 Å². The molecule has 0 aliphatic carbocycles. The first-order chi connectivity index (χ1) is 13.0. The Kier molecular flexibility index (Phi) is 5.96. The summed E-state index contributed by atoms with van der Waals surface area (Å²) in [7, 11) is 0. The second-order valence-electron chi connectivity index (χ2n) is 6.71. The Morgan fingerprint density at radius 3 is 2.63 bits per heavy atom. The number of carbonyl (C=O) groups excluding carboxylic acids is 1. The predicted octanol–water partition coefficient (Wildman–Crippen LogP) is 3.59. The van der Waals surface area contributed by atoms with Gasteiger partial charge in [-0.05, 0) is 36.2 Å². The molecule has 3 rings (SSSR count). The summed E-state index contributed by atoms with van der Waals surface area (Å²) < 4.78 is 15.5. The number of rotatable bonds is 7. The van der Waals surface area contributed by atoms with Crippen molar-refractivity contribution in [3.05, 3.63) is 84.0 Å². The van der Waals surface area contributed by atoms with Gasteiger partial charge in [0.2, 0.25) is 5.91 Å². The number of aromatic nitrogens is 3. The van der Waals surface area contributed by atoms with Crippen LogP contribution in [-0.4, -0.2) is 25.3 Å². The van der Waals surface area contributed by atoms with Gasteiger partial charge in [0.05, 0.1) is 5.92 Å². The fourth-order valence-corrected chi connectivity index (χ4v) is 3.06. The van der Waals surface area contributed by atoms with Crippen LogP contribution in [0.3, 0.4) is 0 Å². The number of imidazole rings is 1. The SMILES string of the molecule is Cc1nccn1CC(C)C(=O)N(Cc1cccnc1)Cc1cccc(F)c1. The van der Waals surface area contributed by atoms with Crippen molar-refractivity contribution in [3.8, 4) is 0 Å². The van der Waals surface area contributed by atoms with E-state index in [9.17, 15) is 9.18 Å². The van der Waals surface area contributed by atoms with Crippen molar-refractivity contribution in [1.29, 1.82) is 0 Å². The first-order valence-electron chi connectivity index (χ1n) is 8.93. The van der Waals surface area contributed by atoms with Gasteiger partial charge in [0.15, 0.2) is 0 Å². The standard InChI is InChI=1S/C21H23FN4O/c1-16(13-25-10-9-24-17(25)2)21(27)26(15-19-6-4-8-23-12-19)14-18-5-3-7-20(22)11-18/h3-12,16H,13-15H2,1-2H3. The molecular formula is C21H23FN4O. The van der Waals surface area contributed by atoms with Crippen LogP contribution in [0.15, 0.2) is 61.2 Å². The second-order valence-corrected chi connectivity index (χ2v) is 6.71. The normalized spacial score (nSPS) is 12.0. The van der Waals surface area contributed by atoms with E-state index in [1.807, 2.05) is 42.8 Å². The van der Waals surface area contributed by atoms with Gasteiger partial charge in [0, 0.05) is 44.4 Å². The summed E-state index contributed by atoms with van der Waals surface area (Å²) in [5.74, 6) is 0.348. The van der Waals surface area contributed by atoms with Crippen molar-refractivity contribution in [2.45, 2.75) is 33.5 Å². The van der Waals surface area contributed by atoms with Gasteiger partial charge in [-0.3, -0.25) is 9.78 Å². The summed E-state index contributed by atoms with van der Waals surface area (Å²) in [5, 5.41) is 0. The van der Waals surface area contributed by atoms with Crippen LogP contribution in [0, 0.1) is 18.7 Å². The molecule has 0 fully saturated rings. The van der Waals surface area contributed by atoms with Crippen LogP contribution >= 0.6 is 0 Å². The van der Waals surface area contributed by atoms with Crippen molar-refractivity contribution < 1.29 is 9.18 Å². The smallest absolute Gasteiger partial charge is 0.227 e. The molecule has 2 heterocycles. The minimum Gasteiger partial charge on any atom is -0.334 e. The number of benzene rings is 1. The molecule has 0 radical (unpaired) electrons. The number of amides is 1. The lowest BCUT2D eigenvalue weighted by Crippen LogP contribution is -2.36. The maximum atomic E-state index is 13.6. The molecule has 1 aromatic carbocycles. The van der Waals surface area contributed by atoms with Gasteiger partial charge in [-0.1, -0.05) is 25.1 Å². The number of nitrogens with zero attached hydrogens (tertiary/aromatic N) is 4. The third-order valence-electron chi connectivity index (χ3n) is 4.49. The van der Waals surface area contributed by atoms with Crippen LogP contribution in [0.25, 0.3) is 0 Å². The number of hydrogen-bond acceptors (Lipinski definition) is 3. The van der Waals surface area contributed by atoms with Crippen LogP contribution in [0.5, 0.6) is 0 Å². The van der Waals surface area contributed by atoms with Crippen LogP contribution < -0.4 is 0 Å². The summed E-state index contributed by atoms with van der Waals surface area (Å²) in [6.07, 6.45) is 7.05. The lowest BCUT2D eigenvalue weighted by Gasteiger charge is -2.26. The molecule has 0 spiro atoms. The first-order valence-corrected chi connectivity index (χ1v) is 8.93. The molecule has 1 unspecified atom stereocenters. The summed E-state index contributed by atoms with van der Waals surface area (Å²) in [4.78, 5) is 23.2. The molecule has 0 N–H and O–H groups in total. The number of hydrogen-bond donors (Lipinski definition) is 0. The van der Waals surface area contributed by atoms with Gasteiger partial charge in [-0.2, -0.15) is 0 Å². The Hall–Kier alpha value is -3.02. The van der Waals surface area contributed by atoms with Crippen LogP contribution in [0.1, 0.15) is 23.9 Å². The first kappa shape index (κ1) is 18.8. The lowest BCUT2D eigenvalue weighted by molar-refractivity contribution is -0.136. The van der Waals surface area contributed by atoms with Crippen molar-refractivity contribution in [2.75, 3.05) is 0 Å².